The van der Waals surface area contributed by atoms with Crippen molar-refractivity contribution in [1.29, 1.82) is 0 Å². The van der Waals surface area contributed by atoms with E-state index in [-0.39, 0.29) is 18.0 Å². The number of carbonyl (C=O) groups is 2. The largest absolute Gasteiger partial charge is 0.293 e. The van der Waals surface area contributed by atoms with Crippen LogP contribution < -0.4 is 0 Å². The first-order chi connectivity index (χ1) is 14.6. The van der Waals surface area contributed by atoms with E-state index in [2.05, 4.69) is 18.7 Å². The summed E-state index contributed by atoms with van der Waals surface area (Å²) in [7, 11) is 0. The molecule has 4 aromatic rings. The Hall–Kier alpha value is -3.78. The normalized spacial score (nSPS) is 10.8. The maximum Gasteiger partial charge on any atom is 0.174 e. The van der Waals surface area contributed by atoms with Crippen LogP contribution in [-0.4, -0.2) is 11.6 Å². The molecule has 0 amide bonds. The number of allylic oxidation sites excluding steroid dienone is 1. The van der Waals surface area contributed by atoms with E-state index in [4.69, 9.17) is 0 Å². The van der Waals surface area contributed by atoms with Crippen LogP contribution in [0.4, 0.5) is 0 Å². The van der Waals surface area contributed by atoms with Crippen LogP contribution in [0, 0.1) is 5.92 Å². The molecule has 0 radical (unpaired) electrons. The summed E-state index contributed by atoms with van der Waals surface area (Å²) in [6, 6.07) is 32.2. The van der Waals surface area contributed by atoms with E-state index in [1.807, 2.05) is 66.7 Å². The molecule has 4 aromatic carbocycles. The molecule has 0 heterocycles. The molecule has 0 aliphatic carbocycles. The predicted molar refractivity (Wildman–Crippen MR) is 123 cm³/mol. The minimum absolute atomic E-state index is 0.175. The fourth-order valence-electron chi connectivity index (χ4n) is 3.69. The van der Waals surface area contributed by atoms with Crippen LogP contribution >= 0.6 is 0 Å². The van der Waals surface area contributed by atoms with Gasteiger partial charge in [0, 0.05) is 11.1 Å². The number of hydrogen-bond donors (Lipinski definition) is 0. The second-order valence-electron chi connectivity index (χ2n) is 7.38. The van der Waals surface area contributed by atoms with Gasteiger partial charge in [-0.2, -0.15) is 0 Å². The third-order valence-corrected chi connectivity index (χ3v) is 5.36. The number of rotatable bonds is 7. The highest BCUT2D eigenvalue weighted by Crippen LogP contribution is 2.28. The lowest BCUT2D eigenvalue weighted by Gasteiger charge is -2.17. The quantitative estimate of drug-likeness (QED) is 0.262. The number of benzene rings is 4. The summed E-state index contributed by atoms with van der Waals surface area (Å²) in [5, 5.41) is 2.25. The average Bonchev–Trinajstić information content (AvgIpc) is 2.82. The fraction of sp³-hybridized carbons (Fsp3) is 0.0714. The summed E-state index contributed by atoms with van der Waals surface area (Å²) < 4.78 is 0. The monoisotopic (exact) mass is 390 g/mol. The Kier molecular flexibility index (Phi) is 5.67. The molecule has 30 heavy (non-hydrogen) atoms. The molecule has 0 saturated carbocycles. The van der Waals surface area contributed by atoms with Crippen molar-refractivity contribution in [3.63, 3.8) is 0 Å². The minimum atomic E-state index is -0.811. The Bertz CT molecular complexity index is 1160. The van der Waals surface area contributed by atoms with Crippen molar-refractivity contribution in [1.82, 2.24) is 0 Å². The van der Waals surface area contributed by atoms with Crippen molar-refractivity contribution in [2.45, 2.75) is 6.42 Å². The van der Waals surface area contributed by atoms with Crippen LogP contribution in [0.25, 0.3) is 16.3 Å². The molecule has 0 atom stereocenters. The molecule has 0 aliphatic rings. The molecule has 146 valence electrons. The van der Waals surface area contributed by atoms with Gasteiger partial charge in [-0.1, -0.05) is 104 Å². The fourth-order valence-corrected chi connectivity index (χ4v) is 3.69. The molecule has 0 bridgehead atoms. The molecule has 2 nitrogen and oxygen atoms in total. The summed E-state index contributed by atoms with van der Waals surface area (Å²) in [6.07, 6.45) is 0.278. The van der Waals surface area contributed by atoms with Gasteiger partial charge in [-0.25, -0.2) is 0 Å². The van der Waals surface area contributed by atoms with Crippen LogP contribution in [0.5, 0.6) is 0 Å². The minimum Gasteiger partial charge on any atom is -0.293 e. The number of Topliss-reactive ketones (excluding diaryl/α,β-unsaturated/α-hetero) is 2. The van der Waals surface area contributed by atoms with Crippen molar-refractivity contribution >= 4 is 27.9 Å². The molecule has 0 unspecified atom stereocenters. The highest BCUT2D eigenvalue weighted by Gasteiger charge is 2.29. The maximum atomic E-state index is 13.3. The summed E-state index contributed by atoms with van der Waals surface area (Å²) in [4.78, 5) is 26.6. The van der Waals surface area contributed by atoms with E-state index < -0.39 is 5.92 Å². The molecule has 0 fully saturated rings. The van der Waals surface area contributed by atoms with Crippen molar-refractivity contribution in [3.05, 3.63) is 126 Å². The van der Waals surface area contributed by atoms with Crippen LogP contribution in [0.2, 0.25) is 0 Å². The lowest BCUT2D eigenvalue weighted by Crippen LogP contribution is -2.25. The highest BCUT2D eigenvalue weighted by atomic mass is 16.2. The Balaban J connectivity index is 1.67. The summed E-state index contributed by atoms with van der Waals surface area (Å²) in [6.45, 7) is 4.22. The van der Waals surface area contributed by atoms with Crippen LogP contribution in [0.1, 0.15) is 32.7 Å². The zero-order chi connectivity index (χ0) is 20.9. The summed E-state index contributed by atoms with van der Waals surface area (Å²) in [5.41, 5.74) is 2.80. The smallest absolute Gasteiger partial charge is 0.174 e. The lowest BCUT2D eigenvalue weighted by molar-refractivity contribution is 0.0810. The second-order valence-corrected chi connectivity index (χ2v) is 7.38. The van der Waals surface area contributed by atoms with Gasteiger partial charge >= 0.3 is 0 Å². The van der Waals surface area contributed by atoms with Gasteiger partial charge in [0.1, 0.15) is 0 Å². The van der Waals surface area contributed by atoms with E-state index in [0.29, 0.717) is 11.1 Å². The predicted octanol–water partition coefficient (Wildman–Crippen LogP) is 6.63. The van der Waals surface area contributed by atoms with Crippen molar-refractivity contribution in [3.8, 4) is 0 Å². The molecule has 0 aliphatic heterocycles. The van der Waals surface area contributed by atoms with Gasteiger partial charge < -0.3 is 0 Å². The van der Waals surface area contributed by atoms with Crippen molar-refractivity contribution < 1.29 is 9.59 Å². The first-order valence-electron chi connectivity index (χ1n) is 9.99. The average molecular weight is 390 g/mol. The van der Waals surface area contributed by atoms with E-state index >= 15 is 0 Å². The zero-order valence-electron chi connectivity index (χ0n) is 16.6. The third-order valence-electron chi connectivity index (χ3n) is 5.36. The lowest BCUT2D eigenvalue weighted by atomic mass is 9.83. The summed E-state index contributed by atoms with van der Waals surface area (Å²) >= 11 is 0. The number of carbonyl (C=O) groups excluding carboxylic acids is 2. The molecule has 0 N–H and O–H groups in total. The van der Waals surface area contributed by atoms with E-state index in [1.165, 1.54) is 0 Å². The topological polar surface area (TPSA) is 34.1 Å². The molecule has 0 saturated heterocycles. The highest BCUT2D eigenvalue weighted by molar-refractivity contribution is 6.16. The third kappa shape index (κ3) is 4.13. The Morgan fingerprint density at radius 1 is 0.600 bits per heavy atom. The van der Waals surface area contributed by atoms with Gasteiger partial charge in [0.25, 0.3) is 0 Å². The maximum absolute atomic E-state index is 13.3. The van der Waals surface area contributed by atoms with Crippen molar-refractivity contribution in [2.24, 2.45) is 5.92 Å². The van der Waals surface area contributed by atoms with Gasteiger partial charge in [0.05, 0.1) is 5.92 Å². The molecular weight excluding hydrogens is 368 g/mol. The zero-order valence-corrected chi connectivity index (χ0v) is 16.6. The van der Waals surface area contributed by atoms with Gasteiger partial charge in [-0.15, -0.1) is 0 Å². The van der Waals surface area contributed by atoms with E-state index in [0.717, 1.165) is 21.9 Å². The van der Waals surface area contributed by atoms with Crippen LogP contribution in [0.15, 0.2) is 110 Å². The van der Waals surface area contributed by atoms with E-state index in [9.17, 15) is 9.59 Å². The van der Waals surface area contributed by atoms with Gasteiger partial charge in [-0.3, -0.25) is 9.59 Å². The Morgan fingerprint density at radius 2 is 1.10 bits per heavy atom. The summed E-state index contributed by atoms with van der Waals surface area (Å²) in [5.74, 6) is -1.16. The first kappa shape index (κ1) is 19.5. The van der Waals surface area contributed by atoms with E-state index in [1.54, 1.807) is 24.3 Å². The molecule has 2 heteroatoms. The molecule has 0 aromatic heterocycles. The van der Waals surface area contributed by atoms with Gasteiger partial charge in [0.15, 0.2) is 11.6 Å². The molecular formula is C28H22O2. The SMILES string of the molecule is C=C(CC(C(=O)c1ccccc1)C(=O)c1ccccc1)c1ccc2ccccc2c1. The number of fused-ring (bicyclic) bond motifs is 1. The number of ketones is 2. The van der Waals surface area contributed by atoms with Gasteiger partial charge in [-0.05, 0) is 34.4 Å². The van der Waals surface area contributed by atoms with Crippen LogP contribution in [0.3, 0.4) is 0 Å². The molecule has 4 rings (SSSR count). The second kappa shape index (κ2) is 8.71. The van der Waals surface area contributed by atoms with Crippen molar-refractivity contribution in [2.75, 3.05) is 0 Å². The van der Waals surface area contributed by atoms with Gasteiger partial charge in [0.2, 0.25) is 0 Å². The molecule has 0 spiro atoms. The first-order valence-corrected chi connectivity index (χ1v) is 9.99. The Morgan fingerprint density at radius 3 is 1.67 bits per heavy atom. The van der Waals surface area contributed by atoms with Crippen LogP contribution in [-0.2, 0) is 0 Å². The number of hydrogen-bond acceptors (Lipinski definition) is 2. The standard InChI is InChI=1S/C28H22O2/c1-20(24-17-16-21-10-8-9-15-25(21)19-24)18-26(27(29)22-11-4-2-5-12-22)28(30)23-13-6-3-7-14-23/h2-17,19,26H,1,18H2. The Labute approximate surface area is 176 Å².